The van der Waals surface area contributed by atoms with Gasteiger partial charge in [-0.15, -0.1) is 0 Å². The first kappa shape index (κ1) is 22.2. The third kappa shape index (κ3) is 4.44. The van der Waals surface area contributed by atoms with Gasteiger partial charge in [0, 0.05) is 46.0 Å². The highest BCUT2D eigenvalue weighted by Gasteiger charge is 2.21. The Morgan fingerprint density at radius 1 is 1.06 bits per heavy atom. The molecule has 2 aromatic heterocycles. The summed E-state index contributed by atoms with van der Waals surface area (Å²) in [5.41, 5.74) is 4.12. The number of furan rings is 1. The highest BCUT2D eigenvalue weighted by molar-refractivity contribution is 6.30. The van der Waals surface area contributed by atoms with E-state index in [1.165, 1.54) is 0 Å². The van der Waals surface area contributed by atoms with Gasteiger partial charge in [-0.05, 0) is 48.1 Å². The van der Waals surface area contributed by atoms with E-state index in [1.54, 1.807) is 24.5 Å². The van der Waals surface area contributed by atoms with Gasteiger partial charge in [-0.25, -0.2) is 4.79 Å². The van der Waals surface area contributed by atoms with Crippen LogP contribution < -0.4 is 10.9 Å². The standard InChI is InChI=1S/C26H26ClNO4/c1-15-18(9-10-24(29)28-13-16-5-7-17(27)8-6-16)25(30)32-23-12-22-20(11-19(15)23)21(14-31-22)26(2,3)4/h5-8,11-12,14H,9-10,13H2,1-4H3,(H,28,29). The number of benzene rings is 2. The van der Waals surface area contributed by atoms with Gasteiger partial charge in [-0.3, -0.25) is 4.79 Å². The quantitative estimate of drug-likeness (QED) is 0.375. The molecule has 1 amide bonds. The number of nitrogens with one attached hydrogen (secondary N) is 1. The van der Waals surface area contributed by atoms with E-state index >= 15 is 0 Å². The fraction of sp³-hybridized carbons (Fsp3) is 0.308. The molecule has 0 fully saturated rings. The molecule has 0 spiro atoms. The molecule has 166 valence electrons. The van der Waals surface area contributed by atoms with Crippen LogP contribution in [0.15, 0.2) is 56.3 Å². The number of fused-ring (bicyclic) bond motifs is 2. The Kier molecular flexibility index (Phi) is 5.87. The predicted molar refractivity (Wildman–Crippen MR) is 127 cm³/mol. The van der Waals surface area contributed by atoms with Gasteiger partial charge in [0.25, 0.3) is 0 Å². The van der Waals surface area contributed by atoms with Crippen molar-refractivity contribution < 1.29 is 13.6 Å². The van der Waals surface area contributed by atoms with Crippen molar-refractivity contribution in [3.05, 3.63) is 80.4 Å². The van der Waals surface area contributed by atoms with Crippen molar-refractivity contribution in [2.75, 3.05) is 0 Å². The largest absolute Gasteiger partial charge is 0.464 e. The molecule has 4 aromatic rings. The average Bonchev–Trinajstić information content (AvgIpc) is 3.15. The Balaban J connectivity index is 1.56. The van der Waals surface area contributed by atoms with Crippen LogP contribution in [0.25, 0.3) is 21.9 Å². The van der Waals surface area contributed by atoms with Crippen LogP contribution in [0.5, 0.6) is 0 Å². The van der Waals surface area contributed by atoms with E-state index in [4.69, 9.17) is 20.4 Å². The number of halogens is 1. The van der Waals surface area contributed by atoms with Crippen LogP contribution in [-0.4, -0.2) is 5.91 Å². The molecule has 0 unspecified atom stereocenters. The Hall–Kier alpha value is -3.05. The molecule has 0 saturated carbocycles. The molecule has 0 aliphatic rings. The van der Waals surface area contributed by atoms with E-state index in [9.17, 15) is 9.59 Å². The molecule has 0 saturated heterocycles. The lowest BCUT2D eigenvalue weighted by molar-refractivity contribution is -0.121. The van der Waals surface area contributed by atoms with Gasteiger partial charge < -0.3 is 14.2 Å². The zero-order valence-corrected chi connectivity index (χ0v) is 19.4. The van der Waals surface area contributed by atoms with Crippen LogP contribution >= 0.6 is 11.6 Å². The van der Waals surface area contributed by atoms with Crippen molar-refractivity contribution in [2.45, 2.75) is 52.5 Å². The minimum atomic E-state index is -0.414. The van der Waals surface area contributed by atoms with E-state index in [-0.39, 0.29) is 17.7 Å². The maximum absolute atomic E-state index is 12.6. The van der Waals surface area contributed by atoms with E-state index in [1.807, 2.05) is 25.1 Å². The van der Waals surface area contributed by atoms with E-state index in [0.717, 1.165) is 27.5 Å². The van der Waals surface area contributed by atoms with E-state index < -0.39 is 5.63 Å². The first-order valence-electron chi connectivity index (χ1n) is 10.6. The number of hydrogen-bond donors (Lipinski definition) is 1. The van der Waals surface area contributed by atoms with Crippen LogP contribution in [0.4, 0.5) is 0 Å². The second-order valence-corrected chi connectivity index (χ2v) is 9.58. The third-order valence-electron chi connectivity index (χ3n) is 5.79. The summed E-state index contributed by atoms with van der Waals surface area (Å²) >= 11 is 5.89. The summed E-state index contributed by atoms with van der Waals surface area (Å²) in [6.07, 6.45) is 2.28. The topological polar surface area (TPSA) is 72.5 Å². The molecule has 0 aliphatic carbocycles. The molecule has 0 aliphatic heterocycles. The Morgan fingerprint density at radius 2 is 1.78 bits per heavy atom. The smallest absolute Gasteiger partial charge is 0.339 e. The molecular formula is C26H26ClNO4. The summed E-state index contributed by atoms with van der Waals surface area (Å²) in [6, 6.07) is 11.1. The van der Waals surface area contributed by atoms with Crippen LogP contribution in [0.2, 0.25) is 5.02 Å². The number of aryl methyl sites for hydroxylation is 1. The van der Waals surface area contributed by atoms with Gasteiger partial charge in [0.1, 0.15) is 11.2 Å². The summed E-state index contributed by atoms with van der Waals surface area (Å²) in [5, 5.41) is 5.41. The van der Waals surface area contributed by atoms with Crippen molar-refractivity contribution in [3.8, 4) is 0 Å². The Labute approximate surface area is 191 Å². The summed E-state index contributed by atoms with van der Waals surface area (Å²) in [5.74, 6) is -0.126. The maximum Gasteiger partial charge on any atom is 0.339 e. The summed E-state index contributed by atoms with van der Waals surface area (Å²) in [7, 11) is 0. The van der Waals surface area contributed by atoms with Gasteiger partial charge >= 0.3 is 5.63 Å². The second kappa shape index (κ2) is 8.47. The van der Waals surface area contributed by atoms with Gasteiger partial charge in [0.15, 0.2) is 0 Å². The molecule has 1 N–H and O–H groups in total. The second-order valence-electron chi connectivity index (χ2n) is 9.14. The molecule has 4 rings (SSSR count). The minimum absolute atomic E-state index is 0.0759. The van der Waals surface area contributed by atoms with Crippen molar-refractivity contribution in [1.82, 2.24) is 5.32 Å². The molecule has 5 nitrogen and oxygen atoms in total. The first-order valence-corrected chi connectivity index (χ1v) is 11.0. The maximum atomic E-state index is 12.6. The fourth-order valence-electron chi connectivity index (χ4n) is 3.91. The molecule has 0 atom stereocenters. The number of rotatable bonds is 5. The van der Waals surface area contributed by atoms with Crippen LogP contribution in [0.3, 0.4) is 0 Å². The van der Waals surface area contributed by atoms with E-state index in [2.05, 4.69) is 26.1 Å². The summed E-state index contributed by atoms with van der Waals surface area (Å²) in [6.45, 7) is 8.72. The lowest BCUT2D eigenvalue weighted by Gasteiger charge is -2.16. The first-order chi connectivity index (χ1) is 15.1. The number of amides is 1. The molecule has 2 aromatic carbocycles. The average molecular weight is 452 g/mol. The number of carbonyl (C=O) groups excluding carboxylic acids is 1. The number of hydrogen-bond acceptors (Lipinski definition) is 4. The monoisotopic (exact) mass is 451 g/mol. The Morgan fingerprint density at radius 3 is 2.47 bits per heavy atom. The predicted octanol–water partition coefficient (Wildman–Crippen LogP) is 6.05. The zero-order chi connectivity index (χ0) is 23.0. The molecule has 2 heterocycles. The van der Waals surface area contributed by atoms with Crippen LogP contribution in [-0.2, 0) is 23.2 Å². The van der Waals surface area contributed by atoms with Crippen LogP contribution in [0.1, 0.15) is 49.4 Å². The number of carbonyl (C=O) groups is 1. The van der Waals surface area contributed by atoms with Crippen LogP contribution in [0, 0.1) is 6.92 Å². The highest BCUT2D eigenvalue weighted by Crippen LogP contribution is 2.35. The molecule has 0 bridgehead atoms. The van der Waals surface area contributed by atoms with Crippen molar-refractivity contribution in [2.24, 2.45) is 0 Å². The zero-order valence-electron chi connectivity index (χ0n) is 18.7. The molecule has 32 heavy (non-hydrogen) atoms. The summed E-state index contributed by atoms with van der Waals surface area (Å²) in [4.78, 5) is 25.0. The summed E-state index contributed by atoms with van der Waals surface area (Å²) < 4.78 is 11.3. The normalized spacial score (nSPS) is 11.9. The Bertz CT molecular complexity index is 1360. The van der Waals surface area contributed by atoms with Crippen molar-refractivity contribution >= 4 is 39.4 Å². The lowest BCUT2D eigenvalue weighted by atomic mass is 9.86. The fourth-order valence-corrected chi connectivity index (χ4v) is 4.04. The van der Waals surface area contributed by atoms with Gasteiger partial charge in [0.05, 0.1) is 6.26 Å². The van der Waals surface area contributed by atoms with Crippen molar-refractivity contribution in [1.29, 1.82) is 0 Å². The van der Waals surface area contributed by atoms with E-state index in [0.29, 0.717) is 34.7 Å². The lowest BCUT2D eigenvalue weighted by Crippen LogP contribution is -2.24. The van der Waals surface area contributed by atoms with Crippen molar-refractivity contribution in [3.63, 3.8) is 0 Å². The minimum Gasteiger partial charge on any atom is -0.464 e. The molecule has 6 heteroatoms. The SMILES string of the molecule is Cc1c(CCC(=O)NCc2ccc(Cl)cc2)c(=O)oc2cc3occ(C(C)(C)C)c3cc12. The molecule has 0 radical (unpaired) electrons. The van der Waals surface area contributed by atoms with Gasteiger partial charge in [-0.1, -0.05) is 44.5 Å². The highest BCUT2D eigenvalue weighted by atomic mass is 35.5. The van der Waals surface area contributed by atoms with Gasteiger partial charge in [-0.2, -0.15) is 0 Å². The third-order valence-corrected chi connectivity index (χ3v) is 6.05. The van der Waals surface area contributed by atoms with Gasteiger partial charge in [0.2, 0.25) is 5.91 Å². The molecular weight excluding hydrogens is 426 g/mol.